The molecule has 0 aliphatic heterocycles. The minimum Gasteiger partial charge on any atom is -0.0656 e. The van der Waals surface area contributed by atoms with E-state index in [9.17, 15) is 0 Å². The first-order valence-electron chi connectivity index (χ1n) is 11.6. The Morgan fingerprint density at radius 1 is 0.500 bits per heavy atom. The van der Waals surface area contributed by atoms with E-state index in [1.807, 2.05) is 10.4 Å². The molecule has 0 spiro atoms. The van der Waals surface area contributed by atoms with Crippen LogP contribution < -0.4 is 10.4 Å². The van der Waals surface area contributed by atoms with E-state index in [1.165, 1.54) is 47.9 Å². The molecule has 30 heavy (non-hydrogen) atoms. The highest BCUT2D eigenvalue weighted by molar-refractivity contribution is 6.99. The van der Waals surface area contributed by atoms with Crippen LogP contribution in [0.25, 0.3) is 22.3 Å². The molecule has 5 rings (SSSR count). The van der Waals surface area contributed by atoms with Crippen molar-refractivity contribution in [3.8, 4) is 22.3 Å². The molecule has 0 atom stereocenters. The predicted octanol–water partition coefficient (Wildman–Crippen LogP) is 6.31. The Morgan fingerprint density at radius 2 is 0.867 bits per heavy atom. The Labute approximate surface area is 184 Å². The topological polar surface area (TPSA) is 0 Å². The summed E-state index contributed by atoms with van der Waals surface area (Å²) in [4.78, 5) is 0. The molecule has 0 nitrogen and oxygen atoms in total. The summed E-state index contributed by atoms with van der Waals surface area (Å²) in [6, 6.07) is 18.4. The Balaban J connectivity index is 2.02. The molecule has 0 radical (unpaired) electrons. The zero-order valence-electron chi connectivity index (χ0n) is 19.4. The molecule has 0 aromatic heterocycles. The van der Waals surface area contributed by atoms with Gasteiger partial charge in [-0.05, 0) is 70.2 Å². The maximum atomic E-state index is 2.58. The van der Waals surface area contributed by atoms with Gasteiger partial charge in [0.1, 0.15) is 0 Å². The van der Waals surface area contributed by atoms with Gasteiger partial charge in [-0.15, -0.1) is 0 Å². The van der Waals surface area contributed by atoms with Crippen molar-refractivity contribution in [3.05, 3.63) is 70.8 Å². The van der Waals surface area contributed by atoms with E-state index < -0.39 is 16.1 Å². The molecule has 0 unspecified atom stereocenters. The SMILES string of the molecule is C[Si](C)(C)c1c2c(c3c(c1[Si](C)(C)C)CCc1ccccc1-3)-c1ccccc1CC2. The van der Waals surface area contributed by atoms with Crippen molar-refractivity contribution in [2.24, 2.45) is 0 Å². The number of hydrogen-bond donors (Lipinski definition) is 0. The number of aryl methyl sites for hydroxylation is 2. The van der Waals surface area contributed by atoms with E-state index in [4.69, 9.17) is 0 Å². The lowest BCUT2D eigenvalue weighted by Gasteiger charge is -2.40. The Bertz CT molecular complexity index is 1060. The lowest BCUT2D eigenvalue weighted by Crippen LogP contribution is -2.60. The molecule has 0 bridgehead atoms. The summed E-state index contributed by atoms with van der Waals surface area (Å²) in [7, 11) is -3.01. The molecule has 2 aliphatic carbocycles. The second-order valence-electron chi connectivity index (χ2n) is 11.3. The lowest BCUT2D eigenvalue weighted by molar-refractivity contribution is 0.925. The van der Waals surface area contributed by atoms with Gasteiger partial charge in [-0.25, -0.2) is 0 Å². The molecule has 154 valence electrons. The average Bonchev–Trinajstić information content (AvgIpc) is 2.70. The fourth-order valence-electron chi connectivity index (χ4n) is 6.09. The molecule has 2 aliphatic rings. The molecule has 0 heterocycles. The average molecular weight is 427 g/mol. The van der Waals surface area contributed by atoms with Crippen molar-refractivity contribution in [1.82, 2.24) is 0 Å². The fourth-order valence-corrected chi connectivity index (χ4v) is 12.4. The van der Waals surface area contributed by atoms with Gasteiger partial charge in [0, 0.05) is 0 Å². The summed E-state index contributed by atoms with van der Waals surface area (Å²) < 4.78 is 0. The Morgan fingerprint density at radius 3 is 1.23 bits per heavy atom. The van der Waals surface area contributed by atoms with Crippen molar-refractivity contribution < 1.29 is 0 Å². The number of benzene rings is 3. The van der Waals surface area contributed by atoms with Crippen LogP contribution in [0.3, 0.4) is 0 Å². The highest BCUT2D eigenvalue weighted by atomic mass is 28.3. The van der Waals surface area contributed by atoms with Crippen LogP contribution in [0.4, 0.5) is 0 Å². The molecule has 3 aromatic carbocycles. The number of hydrogen-bond acceptors (Lipinski definition) is 0. The molecular weight excluding hydrogens is 392 g/mol. The van der Waals surface area contributed by atoms with Crippen molar-refractivity contribution in [2.75, 3.05) is 0 Å². The Hall–Kier alpha value is -1.91. The van der Waals surface area contributed by atoms with Crippen molar-refractivity contribution in [3.63, 3.8) is 0 Å². The molecule has 2 heteroatoms. The summed E-state index contributed by atoms with van der Waals surface area (Å²) in [5, 5.41) is 3.65. The molecule has 0 saturated heterocycles. The van der Waals surface area contributed by atoms with Crippen LogP contribution in [0.2, 0.25) is 39.3 Å². The van der Waals surface area contributed by atoms with E-state index in [0.717, 1.165) is 0 Å². The first-order valence-corrected chi connectivity index (χ1v) is 18.6. The standard InChI is InChI=1S/C28H34Si2/c1-29(2,3)27-23-17-15-19-11-7-9-13-21(19)25(23)26-22-14-10-8-12-20(22)16-18-24(26)28(27)30(4,5)6/h7-14H,15-18H2,1-6H3. The van der Waals surface area contributed by atoms with Gasteiger partial charge < -0.3 is 0 Å². The first-order chi connectivity index (χ1) is 14.2. The summed E-state index contributed by atoms with van der Waals surface area (Å²) in [5.41, 5.74) is 12.7. The Kier molecular flexibility index (Phi) is 4.54. The fraction of sp³-hybridized carbons (Fsp3) is 0.357. The normalized spacial score (nSPS) is 15.1. The molecule has 0 fully saturated rings. The van der Waals surface area contributed by atoms with Gasteiger partial charge in [-0.1, -0.05) is 98.2 Å². The lowest BCUT2D eigenvalue weighted by atomic mass is 9.75. The number of fused-ring (bicyclic) bond motifs is 7. The third-order valence-corrected chi connectivity index (χ3v) is 11.4. The van der Waals surface area contributed by atoms with E-state index >= 15 is 0 Å². The summed E-state index contributed by atoms with van der Waals surface area (Å²) >= 11 is 0. The van der Waals surface area contributed by atoms with Gasteiger partial charge in [0.15, 0.2) is 0 Å². The zero-order chi connectivity index (χ0) is 21.3. The van der Waals surface area contributed by atoms with E-state index in [0.29, 0.717) is 0 Å². The zero-order valence-corrected chi connectivity index (χ0v) is 21.4. The van der Waals surface area contributed by atoms with Gasteiger partial charge in [0.2, 0.25) is 0 Å². The van der Waals surface area contributed by atoms with Crippen LogP contribution in [-0.2, 0) is 25.7 Å². The van der Waals surface area contributed by atoms with Gasteiger partial charge in [-0.3, -0.25) is 0 Å². The van der Waals surface area contributed by atoms with E-state index in [-0.39, 0.29) is 0 Å². The van der Waals surface area contributed by atoms with Crippen LogP contribution in [-0.4, -0.2) is 16.1 Å². The van der Waals surface area contributed by atoms with E-state index in [2.05, 4.69) is 87.8 Å². The van der Waals surface area contributed by atoms with Crippen molar-refractivity contribution in [1.29, 1.82) is 0 Å². The highest BCUT2D eigenvalue weighted by Gasteiger charge is 2.38. The molecule has 0 N–H and O–H groups in total. The van der Waals surface area contributed by atoms with Crippen molar-refractivity contribution >= 4 is 26.5 Å². The quantitative estimate of drug-likeness (QED) is 0.421. The van der Waals surface area contributed by atoms with Crippen LogP contribution in [0.15, 0.2) is 48.5 Å². The van der Waals surface area contributed by atoms with Gasteiger partial charge in [0.05, 0.1) is 16.1 Å². The third-order valence-electron chi connectivity index (χ3n) is 7.07. The van der Waals surface area contributed by atoms with Crippen LogP contribution >= 0.6 is 0 Å². The minimum absolute atomic E-state index is 1.19. The maximum absolute atomic E-state index is 2.58. The monoisotopic (exact) mass is 426 g/mol. The van der Waals surface area contributed by atoms with Crippen molar-refractivity contribution in [2.45, 2.75) is 65.0 Å². The highest BCUT2D eigenvalue weighted by Crippen LogP contribution is 2.45. The van der Waals surface area contributed by atoms with Gasteiger partial charge in [0.25, 0.3) is 0 Å². The molecule has 3 aromatic rings. The van der Waals surface area contributed by atoms with Gasteiger partial charge in [-0.2, -0.15) is 0 Å². The minimum atomic E-state index is -1.50. The summed E-state index contributed by atoms with van der Waals surface area (Å²) in [6.45, 7) is 15.5. The third kappa shape index (κ3) is 2.99. The molecular formula is C28H34Si2. The largest absolute Gasteiger partial charge is 0.0778 e. The molecule has 0 amide bonds. The van der Waals surface area contributed by atoms with E-state index in [1.54, 1.807) is 22.3 Å². The summed E-state index contributed by atoms with van der Waals surface area (Å²) in [5.74, 6) is 0. The number of rotatable bonds is 2. The summed E-state index contributed by atoms with van der Waals surface area (Å²) in [6.07, 6.45) is 4.79. The van der Waals surface area contributed by atoms with Crippen LogP contribution in [0, 0.1) is 0 Å². The smallest absolute Gasteiger partial charge is 0.0656 e. The maximum Gasteiger partial charge on any atom is 0.0778 e. The molecule has 0 saturated carbocycles. The second kappa shape index (κ2) is 6.80. The first kappa shape index (κ1) is 20.0. The second-order valence-corrected chi connectivity index (χ2v) is 21.3. The van der Waals surface area contributed by atoms with Gasteiger partial charge >= 0.3 is 0 Å². The van der Waals surface area contributed by atoms with Crippen LogP contribution in [0.5, 0.6) is 0 Å². The predicted molar refractivity (Wildman–Crippen MR) is 138 cm³/mol. The van der Waals surface area contributed by atoms with Crippen LogP contribution in [0.1, 0.15) is 22.3 Å².